The maximum absolute atomic E-state index is 12.5. The number of carbonyl (C=O) groups is 1. The van der Waals surface area contributed by atoms with E-state index in [1.165, 1.54) is 5.56 Å². The fourth-order valence-electron chi connectivity index (χ4n) is 3.28. The number of benzene rings is 2. The Bertz CT molecular complexity index is 816. The van der Waals surface area contributed by atoms with Crippen LogP contribution in [-0.4, -0.2) is 41.2 Å². The van der Waals surface area contributed by atoms with Crippen LogP contribution in [0.1, 0.15) is 29.5 Å². The monoisotopic (exact) mass is 365 g/mol. The second kappa shape index (κ2) is 8.40. The van der Waals surface area contributed by atoms with Gasteiger partial charge in [0.15, 0.2) is 0 Å². The van der Waals surface area contributed by atoms with Gasteiger partial charge in [-0.2, -0.15) is 0 Å². The van der Waals surface area contributed by atoms with Gasteiger partial charge in [0.2, 0.25) is 5.91 Å². The van der Waals surface area contributed by atoms with Gasteiger partial charge in [-0.1, -0.05) is 36.4 Å². The van der Waals surface area contributed by atoms with E-state index < -0.39 is 5.60 Å². The summed E-state index contributed by atoms with van der Waals surface area (Å²) in [5.74, 6) is 0.669. The highest BCUT2D eigenvalue weighted by Crippen LogP contribution is 2.24. The summed E-state index contributed by atoms with van der Waals surface area (Å²) in [4.78, 5) is 14.2. The maximum atomic E-state index is 12.5. The van der Waals surface area contributed by atoms with Crippen molar-refractivity contribution in [2.24, 2.45) is 0 Å². The minimum Gasteiger partial charge on any atom is -0.491 e. The second-order valence-electron chi connectivity index (χ2n) is 7.37. The van der Waals surface area contributed by atoms with Crippen molar-refractivity contribution in [2.45, 2.75) is 32.3 Å². The number of carbonyl (C=O) groups excluding carboxylic acids is 1. The average Bonchev–Trinajstić information content (AvgIpc) is 2.68. The summed E-state index contributed by atoms with van der Waals surface area (Å²) in [5, 5.41) is 10.9. The molecule has 1 unspecified atom stereocenters. The van der Waals surface area contributed by atoms with Crippen molar-refractivity contribution in [3.63, 3.8) is 0 Å². The van der Waals surface area contributed by atoms with Gasteiger partial charge < -0.3 is 14.7 Å². The summed E-state index contributed by atoms with van der Waals surface area (Å²) >= 11 is 0. The van der Waals surface area contributed by atoms with Crippen LogP contribution in [0.3, 0.4) is 0 Å². The van der Waals surface area contributed by atoms with Gasteiger partial charge in [0.1, 0.15) is 18.0 Å². The summed E-state index contributed by atoms with van der Waals surface area (Å²) in [6.45, 7) is 5.22. The number of hydrogen-bond acceptors (Lipinski definition) is 3. The van der Waals surface area contributed by atoms with Gasteiger partial charge in [0.25, 0.3) is 0 Å². The van der Waals surface area contributed by atoms with Crippen molar-refractivity contribution in [2.75, 3.05) is 19.7 Å². The third-order valence-corrected chi connectivity index (χ3v) is 5.07. The standard InChI is InChI=1S/C23H27NO3/c1-18-9-11-21(15-19(18)2)27-17-23(26)13-6-14-24(16-23)22(25)12-10-20-7-4-3-5-8-20/h3-5,7-12,15,26H,6,13-14,16-17H2,1-2H3. The van der Waals surface area contributed by atoms with E-state index in [4.69, 9.17) is 4.74 Å². The predicted octanol–water partition coefficient (Wildman–Crippen LogP) is 3.75. The summed E-state index contributed by atoms with van der Waals surface area (Å²) in [6, 6.07) is 15.6. The van der Waals surface area contributed by atoms with Crippen molar-refractivity contribution < 1.29 is 14.6 Å². The van der Waals surface area contributed by atoms with Gasteiger partial charge in [-0.15, -0.1) is 0 Å². The number of ether oxygens (including phenoxy) is 1. The van der Waals surface area contributed by atoms with E-state index in [1.807, 2.05) is 61.5 Å². The Morgan fingerprint density at radius 1 is 1.19 bits per heavy atom. The highest BCUT2D eigenvalue weighted by molar-refractivity contribution is 5.91. The van der Waals surface area contributed by atoms with Gasteiger partial charge in [0.05, 0.1) is 6.54 Å². The molecular weight excluding hydrogens is 338 g/mol. The molecule has 0 spiro atoms. The zero-order valence-electron chi connectivity index (χ0n) is 16.0. The molecule has 1 heterocycles. The molecule has 0 radical (unpaired) electrons. The van der Waals surface area contributed by atoms with Crippen LogP contribution in [-0.2, 0) is 4.79 Å². The highest BCUT2D eigenvalue weighted by Gasteiger charge is 2.35. The van der Waals surface area contributed by atoms with Crippen molar-refractivity contribution >= 4 is 12.0 Å². The Kier molecular flexibility index (Phi) is 5.97. The minimum atomic E-state index is -1.02. The molecule has 0 saturated carbocycles. The Morgan fingerprint density at radius 3 is 2.70 bits per heavy atom. The van der Waals surface area contributed by atoms with Crippen molar-refractivity contribution in [1.82, 2.24) is 4.90 Å². The van der Waals surface area contributed by atoms with E-state index in [1.54, 1.807) is 11.0 Å². The number of aryl methyl sites for hydroxylation is 2. The van der Waals surface area contributed by atoms with Gasteiger partial charge in [-0.25, -0.2) is 0 Å². The van der Waals surface area contributed by atoms with Gasteiger partial charge in [-0.05, 0) is 61.6 Å². The lowest BCUT2D eigenvalue weighted by molar-refractivity contribution is -0.134. The topological polar surface area (TPSA) is 49.8 Å². The molecule has 1 atom stereocenters. The van der Waals surface area contributed by atoms with Crippen molar-refractivity contribution in [3.05, 3.63) is 71.3 Å². The number of β-amino-alcohol motifs (C(OH)–C–C–N with tert-alkyl or cyclic N) is 1. The molecule has 0 aliphatic carbocycles. The van der Waals surface area contributed by atoms with Gasteiger partial charge in [-0.3, -0.25) is 4.79 Å². The van der Waals surface area contributed by atoms with Crippen LogP contribution in [0.15, 0.2) is 54.6 Å². The van der Waals surface area contributed by atoms with Crippen LogP contribution in [0.4, 0.5) is 0 Å². The number of piperidine rings is 1. The first-order valence-electron chi connectivity index (χ1n) is 9.40. The molecule has 1 aliphatic rings. The minimum absolute atomic E-state index is 0.0804. The summed E-state index contributed by atoms with van der Waals surface area (Å²) in [5.41, 5.74) is 2.33. The number of amides is 1. The number of rotatable bonds is 5. The number of likely N-dealkylation sites (tertiary alicyclic amines) is 1. The number of hydrogen-bond donors (Lipinski definition) is 1. The molecule has 0 bridgehead atoms. The molecule has 2 aromatic rings. The number of aliphatic hydroxyl groups is 1. The second-order valence-corrected chi connectivity index (χ2v) is 7.37. The van der Waals surface area contributed by atoms with Crippen LogP contribution < -0.4 is 4.74 Å². The molecular formula is C23H27NO3. The first-order chi connectivity index (χ1) is 13.0. The van der Waals surface area contributed by atoms with E-state index in [2.05, 4.69) is 6.92 Å². The maximum Gasteiger partial charge on any atom is 0.246 e. The molecule has 1 N–H and O–H groups in total. The molecule has 0 aromatic heterocycles. The summed E-state index contributed by atoms with van der Waals surface area (Å²) in [6.07, 6.45) is 4.77. The first-order valence-corrected chi connectivity index (χ1v) is 9.40. The van der Waals surface area contributed by atoms with Crippen molar-refractivity contribution in [1.29, 1.82) is 0 Å². The Balaban J connectivity index is 1.59. The summed E-state index contributed by atoms with van der Waals surface area (Å²) < 4.78 is 5.84. The lowest BCUT2D eigenvalue weighted by Gasteiger charge is -2.38. The SMILES string of the molecule is Cc1ccc(OCC2(O)CCCN(C(=O)C=Cc3ccccc3)C2)cc1C. The van der Waals surface area contributed by atoms with E-state index in [0.29, 0.717) is 13.0 Å². The van der Waals surface area contributed by atoms with Crippen LogP contribution in [0.25, 0.3) is 6.08 Å². The zero-order valence-corrected chi connectivity index (χ0v) is 16.0. The molecule has 142 valence electrons. The van der Waals surface area contributed by atoms with Crippen LogP contribution in [0, 0.1) is 13.8 Å². The molecule has 2 aromatic carbocycles. The Labute approximate surface area is 161 Å². The molecule has 27 heavy (non-hydrogen) atoms. The Morgan fingerprint density at radius 2 is 1.96 bits per heavy atom. The molecule has 1 aliphatic heterocycles. The Hall–Kier alpha value is -2.59. The third kappa shape index (κ3) is 5.20. The van der Waals surface area contributed by atoms with Gasteiger partial charge >= 0.3 is 0 Å². The smallest absolute Gasteiger partial charge is 0.246 e. The molecule has 3 rings (SSSR count). The fraction of sp³-hybridized carbons (Fsp3) is 0.348. The van der Waals surface area contributed by atoms with E-state index in [-0.39, 0.29) is 19.1 Å². The summed E-state index contributed by atoms with van der Waals surface area (Å²) in [7, 11) is 0. The highest BCUT2D eigenvalue weighted by atomic mass is 16.5. The van der Waals surface area contributed by atoms with Crippen LogP contribution >= 0.6 is 0 Å². The first kappa shape index (κ1) is 19.2. The predicted molar refractivity (Wildman–Crippen MR) is 108 cm³/mol. The lowest BCUT2D eigenvalue weighted by Crippen LogP contribution is -2.53. The van der Waals surface area contributed by atoms with E-state index >= 15 is 0 Å². The van der Waals surface area contributed by atoms with Crippen LogP contribution in [0.2, 0.25) is 0 Å². The van der Waals surface area contributed by atoms with E-state index in [0.717, 1.165) is 23.3 Å². The molecule has 4 nitrogen and oxygen atoms in total. The molecule has 1 amide bonds. The quantitative estimate of drug-likeness (QED) is 0.821. The largest absolute Gasteiger partial charge is 0.491 e. The lowest BCUT2D eigenvalue weighted by atomic mass is 9.93. The average molecular weight is 365 g/mol. The molecule has 4 heteroatoms. The molecule has 1 saturated heterocycles. The fourth-order valence-corrected chi connectivity index (χ4v) is 3.28. The van der Waals surface area contributed by atoms with E-state index in [9.17, 15) is 9.90 Å². The third-order valence-electron chi connectivity index (χ3n) is 5.07. The van der Waals surface area contributed by atoms with Gasteiger partial charge in [0, 0.05) is 12.6 Å². The number of nitrogens with zero attached hydrogens (tertiary/aromatic N) is 1. The van der Waals surface area contributed by atoms with Crippen molar-refractivity contribution in [3.8, 4) is 5.75 Å². The molecule has 1 fully saturated rings. The van der Waals surface area contributed by atoms with Crippen LogP contribution in [0.5, 0.6) is 5.75 Å². The normalized spacial score (nSPS) is 20.0. The zero-order chi connectivity index (χ0) is 19.3.